The number of rotatable bonds is 5. The zero-order chi connectivity index (χ0) is 17.0. The van der Waals surface area contributed by atoms with E-state index in [0.717, 1.165) is 5.56 Å². The summed E-state index contributed by atoms with van der Waals surface area (Å²) in [5.41, 5.74) is 0.542. The average molecular weight is 327 g/mol. The molecule has 0 saturated carbocycles. The predicted molar refractivity (Wildman–Crippen MR) is 83.0 cm³/mol. The molecule has 0 aliphatic heterocycles. The Kier molecular flexibility index (Phi) is 5.71. The molecule has 0 unspecified atom stereocenters. The highest BCUT2D eigenvalue weighted by Crippen LogP contribution is 2.14. The van der Waals surface area contributed by atoms with Crippen LogP contribution in [0.1, 0.15) is 39.7 Å². The fourth-order valence-corrected chi connectivity index (χ4v) is 2.26. The summed E-state index contributed by atoms with van der Waals surface area (Å²) < 4.78 is 33.5. The SMILES string of the molecule is C/C(CC(=O)OC(C)(C)C)=N\OS(=O)(=O)c1ccc(C)cc1. The first kappa shape index (κ1) is 18.2. The van der Waals surface area contributed by atoms with Crippen molar-refractivity contribution in [3.63, 3.8) is 0 Å². The second kappa shape index (κ2) is 6.91. The number of benzene rings is 1. The van der Waals surface area contributed by atoms with E-state index in [1.54, 1.807) is 32.9 Å². The molecule has 22 heavy (non-hydrogen) atoms. The maximum atomic E-state index is 11.9. The van der Waals surface area contributed by atoms with Crippen LogP contribution in [0.5, 0.6) is 0 Å². The van der Waals surface area contributed by atoms with Gasteiger partial charge in [0.05, 0.1) is 12.1 Å². The van der Waals surface area contributed by atoms with Crippen LogP contribution in [0.25, 0.3) is 0 Å². The molecule has 0 aliphatic rings. The van der Waals surface area contributed by atoms with Gasteiger partial charge in [-0.05, 0) is 46.8 Å². The fraction of sp³-hybridized carbons (Fsp3) is 0.467. The van der Waals surface area contributed by atoms with Crippen molar-refractivity contribution in [3.05, 3.63) is 29.8 Å². The molecule has 1 aromatic carbocycles. The minimum Gasteiger partial charge on any atom is -0.460 e. The summed E-state index contributed by atoms with van der Waals surface area (Å²) in [6.07, 6.45) is -0.138. The van der Waals surface area contributed by atoms with Gasteiger partial charge in [0.15, 0.2) is 0 Å². The van der Waals surface area contributed by atoms with Crippen molar-refractivity contribution in [1.29, 1.82) is 0 Å². The molecule has 1 rings (SSSR count). The van der Waals surface area contributed by atoms with Crippen molar-refractivity contribution in [2.45, 2.75) is 51.5 Å². The van der Waals surface area contributed by atoms with E-state index >= 15 is 0 Å². The number of carbonyl (C=O) groups is 1. The Hall–Kier alpha value is -1.89. The smallest absolute Gasteiger partial charge is 0.358 e. The Morgan fingerprint density at radius 3 is 2.23 bits per heavy atom. The van der Waals surface area contributed by atoms with Crippen molar-refractivity contribution >= 4 is 21.8 Å². The van der Waals surface area contributed by atoms with Gasteiger partial charge in [-0.1, -0.05) is 22.9 Å². The third-order valence-electron chi connectivity index (χ3n) is 2.42. The maximum absolute atomic E-state index is 11.9. The van der Waals surface area contributed by atoms with Crippen LogP contribution in [-0.2, 0) is 23.9 Å². The van der Waals surface area contributed by atoms with Gasteiger partial charge >= 0.3 is 16.1 Å². The summed E-state index contributed by atoms with van der Waals surface area (Å²) in [6.45, 7) is 8.58. The molecule has 0 bridgehead atoms. The van der Waals surface area contributed by atoms with E-state index < -0.39 is 21.7 Å². The molecule has 122 valence electrons. The van der Waals surface area contributed by atoms with Gasteiger partial charge in [0.25, 0.3) is 0 Å². The van der Waals surface area contributed by atoms with Crippen LogP contribution >= 0.6 is 0 Å². The quantitative estimate of drug-likeness (QED) is 0.472. The highest BCUT2D eigenvalue weighted by atomic mass is 32.2. The predicted octanol–water partition coefficient (Wildman–Crippen LogP) is 2.81. The van der Waals surface area contributed by atoms with Gasteiger partial charge in [-0.15, -0.1) is 0 Å². The third kappa shape index (κ3) is 6.26. The van der Waals surface area contributed by atoms with Crippen molar-refractivity contribution in [2.75, 3.05) is 0 Å². The van der Waals surface area contributed by atoms with Gasteiger partial charge in [0.2, 0.25) is 0 Å². The van der Waals surface area contributed by atoms with Crippen molar-refractivity contribution in [3.8, 4) is 0 Å². The summed E-state index contributed by atoms with van der Waals surface area (Å²) in [5.74, 6) is -0.495. The molecule has 6 nitrogen and oxygen atoms in total. The molecule has 0 aliphatic carbocycles. The fourth-order valence-electron chi connectivity index (χ4n) is 1.48. The first-order valence-corrected chi connectivity index (χ1v) is 8.16. The molecule has 0 saturated heterocycles. The largest absolute Gasteiger partial charge is 0.460 e. The van der Waals surface area contributed by atoms with Crippen LogP contribution in [0.15, 0.2) is 34.3 Å². The summed E-state index contributed by atoms with van der Waals surface area (Å²) in [7, 11) is -3.98. The molecule has 0 atom stereocenters. The number of hydrogen-bond donors (Lipinski definition) is 0. The number of oxime groups is 1. The van der Waals surface area contributed by atoms with Crippen molar-refractivity contribution < 1.29 is 22.2 Å². The number of nitrogens with zero attached hydrogens (tertiary/aromatic N) is 1. The molecule has 0 heterocycles. The standard InChI is InChI=1S/C15H21NO5S/c1-11-6-8-13(9-7-11)22(18,19)21-16-12(2)10-14(17)20-15(3,4)5/h6-9H,10H2,1-5H3/b16-12+. The van der Waals surface area contributed by atoms with E-state index in [0.29, 0.717) is 0 Å². The Balaban J connectivity index is 2.70. The van der Waals surface area contributed by atoms with Gasteiger partial charge < -0.3 is 4.74 Å². The van der Waals surface area contributed by atoms with Crippen LogP contribution in [0.4, 0.5) is 0 Å². The van der Waals surface area contributed by atoms with E-state index in [2.05, 4.69) is 9.44 Å². The molecule has 0 amide bonds. The normalized spacial score (nSPS) is 12.9. The number of carbonyl (C=O) groups excluding carboxylic acids is 1. The van der Waals surface area contributed by atoms with Gasteiger partial charge in [-0.3, -0.25) is 9.08 Å². The van der Waals surface area contributed by atoms with Crippen LogP contribution in [0.2, 0.25) is 0 Å². The molecular formula is C15H21NO5S. The zero-order valence-corrected chi connectivity index (χ0v) is 14.2. The lowest BCUT2D eigenvalue weighted by atomic mass is 10.2. The number of aryl methyl sites for hydroxylation is 1. The third-order valence-corrected chi connectivity index (χ3v) is 3.54. The van der Waals surface area contributed by atoms with E-state index in [4.69, 9.17) is 4.74 Å². The number of ether oxygens (including phenoxy) is 1. The zero-order valence-electron chi connectivity index (χ0n) is 13.4. The molecule has 0 fully saturated rings. The second-order valence-corrected chi connectivity index (χ2v) is 7.46. The second-order valence-electron chi connectivity index (χ2n) is 5.93. The van der Waals surface area contributed by atoms with Gasteiger partial charge in [-0.2, -0.15) is 8.42 Å². The van der Waals surface area contributed by atoms with E-state index in [1.807, 2.05) is 6.92 Å². The molecule has 0 N–H and O–H groups in total. The van der Waals surface area contributed by atoms with Gasteiger partial charge in [0, 0.05) is 0 Å². The average Bonchev–Trinajstić information content (AvgIpc) is 2.34. The molecule has 0 aromatic heterocycles. The van der Waals surface area contributed by atoms with E-state index in [9.17, 15) is 13.2 Å². The minimum absolute atomic E-state index is 0.00641. The first-order chi connectivity index (χ1) is 9.99. The lowest BCUT2D eigenvalue weighted by Gasteiger charge is -2.19. The Labute approximate surface area is 131 Å². The topological polar surface area (TPSA) is 82.0 Å². The number of hydrogen-bond acceptors (Lipinski definition) is 6. The molecule has 0 radical (unpaired) electrons. The molecule has 7 heteroatoms. The van der Waals surface area contributed by atoms with Crippen molar-refractivity contribution in [2.24, 2.45) is 5.16 Å². The van der Waals surface area contributed by atoms with E-state index in [-0.39, 0.29) is 17.0 Å². The maximum Gasteiger partial charge on any atom is 0.358 e. The van der Waals surface area contributed by atoms with Crippen LogP contribution < -0.4 is 0 Å². The van der Waals surface area contributed by atoms with Crippen LogP contribution in [0, 0.1) is 6.92 Å². The highest BCUT2D eigenvalue weighted by Gasteiger charge is 2.18. The minimum atomic E-state index is -3.98. The number of esters is 1. The van der Waals surface area contributed by atoms with Crippen molar-refractivity contribution in [1.82, 2.24) is 0 Å². The first-order valence-electron chi connectivity index (χ1n) is 6.75. The van der Waals surface area contributed by atoms with E-state index in [1.165, 1.54) is 19.1 Å². The highest BCUT2D eigenvalue weighted by molar-refractivity contribution is 7.86. The Bertz CT molecular complexity index is 654. The molecule has 0 spiro atoms. The lowest BCUT2D eigenvalue weighted by Crippen LogP contribution is -2.25. The monoisotopic (exact) mass is 327 g/mol. The molecular weight excluding hydrogens is 306 g/mol. The Morgan fingerprint density at radius 1 is 1.18 bits per heavy atom. The summed E-state index contributed by atoms with van der Waals surface area (Å²) in [6, 6.07) is 6.19. The lowest BCUT2D eigenvalue weighted by molar-refractivity contribution is -0.153. The molecule has 1 aromatic rings. The summed E-state index contributed by atoms with van der Waals surface area (Å²) in [4.78, 5) is 11.6. The Morgan fingerprint density at radius 2 is 1.73 bits per heavy atom. The van der Waals surface area contributed by atoms with Crippen LogP contribution in [0.3, 0.4) is 0 Å². The van der Waals surface area contributed by atoms with Crippen LogP contribution in [-0.4, -0.2) is 25.7 Å². The summed E-state index contributed by atoms with van der Waals surface area (Å²) >= 11 is 0. The van der Waals surface area contributed by atoms with Gasteiger partial charge in [0.1, 0.15) is 10.5 Å². The van der Waals surface area contributed by atoms with Gasteiger partial charge in [-0.25, -0.2) is 0 Å². The summed E-state index contributed by atoms with van der Waals surface area (Å²) in [5, 5.41) is 3.49.